The van der Waals surface area contributed by atoms with E-state index in [4.69, 9.17) is 16.7 Å². The minimum absolute atomic E-state index is 0.238. The van der Waals surface area contributed by atoms with Crippen LogP contribution in [0.2, 0.25) is 5.02 Å². The van der Waals surface area contributed by atoms with Gasteiger partial charge in [0.2, 0.25) is 0 Å². The number of aromatic nitrogens is 2. The van der Waals surface area contributed by atoms with Crippen LogP contribution in [0.15, 0.2) is 48.5 Å². The fourth-order valence-corrected chi connectivity index (χ4v) is 3.11. The van der Waals surface area contributed by atoms with E-state index in [0.717, 1.165) is 36.5 Å². The van der Waals surface area contributed by atoms with Crippen molar-refractivity contribution in [3.63, 3.8) is 0 Å². The number of benzene rings is 2. The monoisotopic (exact) mass is 327 g/mol. The Morgan fingerprint density at radius 3 is 2.52 bits per heavy atom. The topological polar surface area (TPSA) is 29.9 Å². The number of halogens is 2. The van der Waals surface area contributed by atoms with E-state index in [1.54, 1.807) is 12.1 Å². The Balaban J connectivity index is 1.87. The van der Waals surface area contributed by atoms with Gasteiger partial charge in [-0.05, 0) is 48.5 Å². The summed E-state index contributed by atoms with van der Waals surface area (Å²) in [6.45, 7) is 1.70. The minimum atomic E-state index is -0.238. The highest BCUT2D eigenvalue weighted by atomic mass is 35.5. The lowest BCUT2D eigenvalue weighted by Crippen LogP contribution is -2.24. The lowest BCUT2D eigenvalue weighted by atomic mass is 10.0. The molecule has 116 valence electrons. The van der Waals surface area contributed by atoms with Crippen molar-refractivity contribution in [3.05, 3.63) is 70.6 Å². The second-order valence-corrected chi connectivity index (χ2v) is 6.03. The van der Waals surface area contributed by atoms with Crippen LogP contribution in [0.5, 0.6) is 0 Å². The first-order valence-electron chi connectivity index (χ1n) is 7.56. The van der Waals surface area contributed by atoms with Crippen LogP contribution in [-0.2, 0) is 13.0 Å². The molecule has 1 N–H and O–H groups in total. The van der Waals surface area contributed by atoms with Gasteiger partial charge in [-0.15, -0.1) is 0 Å². The quantitative estimate of drug-likeness (QED) is 0.771. The normalized spacial score (nSPS) is 13.8. The van der Waals surface area contributed by atoms with E-state index < -0.39 is 0 Å². The van der Waals surface area contributed by atoms with Crippen LogP contribution in [0.4, 0.5) is 4.39 Å². The molecule has 1 aliphatic heterocycles. The summed E-state index contributed by atoms with van der Waals surface area (Å²) in [5.41, 5.74) is 5.20. The SMILES string of the molecule is Fc1ccc(-c2nn(-c3ccc(Cl)cc3)c3c2CNCC3)cc1. The van der Waals surface area contributed by atoms with Gasteiger partial charge in [0.25, 0.3) is 0 Å². The largest absolute Gasteiger partial charge is 0.312 e. The van der Waals surface area contributed by atoms with Crippen LogP contribution in [-0.4, -0.2) is 16.3 Å². The first kappa shape index (κ1) is 14.4. The average molecular weight is 328 g/mol. The molecule has 0 spiro atoms. The molecule has 5 heteroatoms. The number of fused-ring (bicyclic) bond motifs is 1. The minimum Gasteiger partial charge on any atom is -0.312 e. The Hall–Kier alpha value is -2.17. The van der Waals surface area contributed by atoms with Crippen LogP contribution in [0.25, 0.3) is 16.9 Å². The van der Waals surface area contributed by atoms with Crippen molar-refractivity contribution in [2.75, 3.05) is 6.54 Å². The smallest absolute Gasteiger partial charge is 0.123 e. The maximum absolute atomic E-state index is 13.2. The second-order valence-electron chi connectivity index (χ2n) is 5.60. The van der Waals surface area contributed by atoms with Crippen LogP contribution in [0.1, 0.15) is 11.3 Å². The molecule has 0 amide bonds. The summed E-state index contributed by atoms with van der Waals surface area (Å²) in [5, 5.41) is 8.89. The van der Waals surface area contributed by atoms with Crippen LogP contribution in [0.3, 0.4) is 0 Å². The van der Waals surface area contributed by atoms with Crippen LogP contribution >= 0.6 is 11.6 Å². The van der Waals surface area contributed by atoms with E-state index in [9.17, 15) is 4.39 Å². The summed E-state index contributed by atoms with van der Waals surface area (Å²) in [7, 11) is 0. The molecule has 1 aliphatic rings. The van der Waals surface area contributed by atoms with E-state index in [0.29, 0.717) is 5.02 Å². The van der Waals surface area contributed by atoms with Crippen molar-refractivity contribution in [2.45, 2.75) is 13.0 Å². The molecule has 2 heterocycles. The van der Waals surface area contributed by atoms with Crippen molar-refractivity contribution in [2.24, 2.45) is 0 Å². The summed E-state index contributed by atoms with van der Waals surface area (Å²) in [6.07, 6.45) is 0.909. The van der Waals surface area contributed by atoms with Crippen LogP contribution in [0, 0.1) is 5.82 Å². The predicted molar refractivity (Wildman–Crippen MR) is 89.4 cm³/mol. The van der Waals surface area contributed by atoms with E-state index in [-0.39, 0.29) is 5.82 Å². The lowest BCUT2D eigenvalue weighted by molar-refractivity contribution is 0.623. The summed E-state index contributed by atoms with van der Waals surface area (Å²) < 4.78 is 15.2. The third-order valence-electron chi connectivity index (χ3n) is 4.12. The lowest BCUT2D eigenvalue weighted by Gasteiger charge is -2.15. The molecular weight excluding hydrogens is 313 g/mol. The van der Waals surface area contributed by atoms with Gasteiger partial charge in [0, 0.05) is 35.7 Å². The molecule has 1 aromatic heterocycles. The molecule has 2 aromatic carbocycles. The molecule has 23 heavy (non-hydrogen) atoms. The van der Waals surface area contributed by atoms with Crippen molar-refractivity contribution < 1.29 is 4.39 Å². The molecule has 0 unspecified atom stereocenters. The standard InChI is InChI=1S/C18H15ClFN3/c19-13-3-7-15(8-4-13)23-17-9-10-21-11-16(17)18(22-23)12-1-5-14(20)6-2-12/h1-8,21H,9-11H2. The molecule has 0 aliphatic carbocycles. The first-order valence-corrected chi connectivity index (χ1v) is 7.93. The fourth-order valence-electron chi connectivity index (χ4n) is 2.98. The van der Waals surface area contributed by atoms with Gasteiger partial charge in [-0.3, -0.25) is 0 Å². The van der Waals surface area contributed by atoms with Gasteiger partial charge >= 0.3 is 0 Å². The fraction of sp³-hybridized carbons (Fsp3) is 0.167. The maximum Gasteiger partial charge on any atom is 0.123 e. The van der Waals surface area contributed by atoms with Crippen LogP contribution < -0.4 is 5.32 Å². The second kappa shape index (κ2) is 5.80. The molecular formula is C18H15ClFN3. The zero-order chi connectivity index (χ0) is 15.8. The van der Waals surface area contributed by atoms with Gasteiger partial charge in [0.1, 0.15) is 5.82 Å². The number of nitrogens with one attached hydrogen (secondary N) is 1. The van der Waals surface area contributed by atoms with Gasteiger partial charge in [-0.2, -0.15) is 5.10 Å². The molecule has 0 fully saturated rings. The Labute approximate surface area is 138 Å². The molecule has 0 radical (unpaired) electrons. The highest BCUT2D eigenvalue weighted by molar-refractivity contribution is 6.30. The highest BCUT2D eigenvalue weighted by Crippen LogP contribution is 2.30. The summed E-state index contributed by atoms with van der Waals surface area (Å²) in [4.78, 5) is 0. The Morgan fingerprint density at radius 1 is 1.04 bits per heavy atom. The number of nitrogens with zero attached hydrogens (tertiary/aromatic N) is 2. The summed E-state index contributed by atoms with van der Waals surface area (Å²) >= 11 is 5.98. The molecule has 4 rings (SSSR count). The van der Waals surface area contributed by atoms with Gasteiger partial charge < -0.3 is 5.32 Å². The molecule has 0 atom stereocenters. The molecule has 3 aromatic rings. The third kappa shape index (κ3) is 2.64. The van der Waals surface area contributed by atoms with E-state index in [1.807, 2.05) is 28.9 Å². The Bertz CT molecular complexity index is 768. The Morgan fingerprint density at radius 2 is 1.78 bits per heavy atom. The molecule has 0 saturated heterocycles. The third-order valence-corrected chi connectivity index (χ3v) is 4.37. The van der Waals surface area contributed by atoms with Crippen molar-refractivity contribution in [1.29, 1.82) is 0 Å². The zero-order valence-corrected chi connectivity index (χ0v) is 13.1. The van der Waals surface area contributed by atoms with Gasteiger partial charge in [0.15, 0.2) is 0 Å². The first-order chi connectivity index (χ1) is 11.2. The number of hydrogen-bond donors (Lipinski definition) is 1. The summed E-state index contributed by atoms with van der Waals surface area (Å²) in [5.74, 6) is -0.238. The predicted octanol–water partition coefficient (Wildman–Crippen LogP) is 3.98. The highest BCUT2D eigenvalue weighted by Gasteiger charge is 2.22. The Kier molecular flexibility index (Phi) is 3.63. The van der Waals surface area contributed by atoms with Crippen molar-refractivity contribution in [3.8, 4) is 16.9 Å². The van der Waals surface area contributed by atoms with E-state index in [2.05, 4.69) is 5.32 Å². The van der Waals surface area contributed by atoms with Gasteiger partial charge in [0.05, 0.1) is 17.1 Å². The zero-order valence-electron chi connectivity index (χ0n) is 12.4. The van der Waals surface area contributed by atoms with Gasteiger partial charge in [-0.1, -0.05) is 11.6 Å². The number of rotatable bonds is 2. The molecule has 0 bridgehead atoms. The van der Waals surface area contributed by atoms with E-state index in [1.165, 1.54) is 23.4 Å². The van der Waals surface area contributed by atoms with Crippen molar-refractivity contribution in [1.82, 2.24) is 15.1 Å². The number of hydrogen-bond acceptors (Lipinski definition) is 2. The summed E-state index contributed by atoms with van der Waals surface area (Å²) in [6, 6.07) is 14.2. The maximum atomic E-state index is 13.2. The molecule has 0 saturated carbocycles. The van der Waals surface area contributed by atoms with Gasteiger partial charge in [-0.25, -0.2) is 9.07 Å². The van der Waals surface area contributed by atoms with Crippen molar-refractivity contribution >= 4 is 11.6 Å². The average Bonchev–Trinajstić information content (AvgIpc) is 2.96. The molecule has 3 nitrogen and oxygen atoms in total. The van der Waals surface area contributed by atoms with E-state index >= 15 is 0 Å².